The minimum atomic E-state index is -0.477. The first-order valence-electron chi connectivity index (χ1n) is 5.76. The summed E-state index contributed by atoms with van der Waals surface area (Å²) in [6.45, 7) is 0.248. The smallest absolute Gasteiger partial charge is 0.243 e. The van der Waals surface area contributed by atoms with Gasteiger partial charge in [-0.3, -0.25) is 9.59 Å². The van der Waals surface area contributed by atoms with Crippen LogP contribution in [0.5, 0.6) is 5.75 Å². The lowest BCUT2D eigenvalue weighted by Gasteiger charge is -2.16. The molecule has 1 aromatic rings. The number of hydrogen-bond donors (Lipinski definition) is 2. The predicted molar refractivity (Wildman–Crippen MR) is 71.7 cm³/mol. The van der Waals surface area contributed by atoms with E-state index in [1.165, 1.54) is 14.2 Å². The highest BCUT2D eigenvalue weighted by molar-refractivity contribution is 5.97. The van der Waals surface area contributed by atoms with Crippen LogP contribution in [0, 0.1) is 0 Å². The lowest BCUT2D eigenvalue weighted by atomic mass is 10.2. The highest BCUT2D eigenvalue weighted by Crippen LogP contribution is 2.25. The molecular weight excluding hydrogens is 248 g/mol. The Kier molecular flexibility index (Phi) is 5.98. The molecule has 1 atom stereocenters. The van der Waals surface area contributed by atoms with Gasteiger partial charge in [0.2, 0.25) is 5.91 Å². The average Bonchev–Trinajstić information content (AvgIpc) is 2.44. The van der Waals surface area contributed by atoms with Crippen LogP contribution in [0.4, 0.5) is 5.69 Å². The van der Waals surface area contributed by atoms with Gasteiger partial charge in [0.1, 0.15) is 18.1 Å². The van der Waals surface area contributed by atoms with Gasteiger partial charge in [-0.25, -0.2) is 0 Å². The van der Waals surface area contributed by atoms with Crippen LogP contribution < -0.4 is 15.4 Å². The Morgan fingerprint density at radius 3 is 2.68 bits per heavy atom. The maximum Gasteiger partial charge on any atom is 0.243 e. The fourth-order valence-corrected chi connectivity index (χ4v) is 1.57. The molecule has 0 aliphatic carbocycles. The first-order valence-corrected chi connectivity index (χ1v) is 5.76. The van der Waals surface area contributed by atoms with Crippen LogP contribution >= 0.6 is 0 Å². The average molecular weight is 266 g/mol. The summed E-state index contributed by atoms with van der Waals surface area (Å²) in [5.74, 6) is 0.233. The third kappa shape index (κ3) is 4.04. The van der Waals surface area contributed by atoms with Gasteiger partial charge in [-0.05, 0) is 25.2 Å². The van der Waals surface area contributed by atoms with E-state index in [1.54, 1.807) is 25.2 Å². The number of rotatable bonds is 7. The Morgan fingerprint density at radius 2 is 2.16 bits per heavy atom. The molecule has 0 bridgehead atoms. The number of carbonyl (C=O) groups excluding carboxylic acids is 2. The molecule has 0 fully saturated rings. The second-order valence-electron chi connectivity index (χ2n) is 3.86. The number of anilines is 1. The van der Waals surface area contributed by atoms with E-state index < -0.39 is 6.04 Å². The van der Waals surface area contributed by atoms with Crippen molar-refractivity contribution in [2.75, 3.05) is 33.2 Å². The molecule has 104 valence electrons. The van der Waals surface area contributed by atoms with Crippen LogP contribution in [0.15, 0.2) is 18.2 Å². The van der Waals surface area contributed by atoms with E-state index in [-0.39, 0.29) is 12.5 Å². The number of hydrogen-bond acceptors (Lipinski definition) is 5. The Bertz CT molecular complexity index is 448. The van der Waals surface area contributed by atoms with Crippen molar-refractivity contribution < 1.29 is 19.1 Å². The fraction of sp³-hybridized carbons (Fsp3) is 0.385. The summed E-state index contributed by atoms with van der Waals surface area (Å²) in [5, 5.41) is 5.55. The van der Waals surface area contributed by atoms with Crippen LogP contribution in [0.25, 0.3) is 0 Å². The second-order valence-corrected chi connectivity index (χ2v) is 3.86. The number of nitrogens with one attached hydrogen (secondary N) is 2. The first-order chi connectivity index (χ1) is 9.15. The van der Waals surface area contributed by atoms with Crippen LogP contribution in [-0.2, 0) is 9.53 Å². The Hall–Kier alpha value is -1.92. The quantitative estimate of drug-likeness (QED) is 0.710. The molecule has 0 saturated carbocycles. The van der Waals surface area contributed by atoms with Gasteiger partial charge in [-0.2, -0.15) is 0 Å². The van der Waals surface area contributed by atoms with E-state index in [0.717, 1.165) is 0 Å². The van der Waals surface area contributed by atoms with Crippen LogP contribution in [-0.4, -0.2) is 46.1 Å². The van der Waals surface area contributed by atoms with Crippen LogP contribution in [0.3, 0.4) is 0 Å². The molecule has 6 heteroatoms. The van der Waals surface area contributed by atoms with Crippen molar-refractivity contribution in [3.63, 3.8) is 0 Å². The summed E-state index contributed by atoms with van der Waals surface area (Å²) < 4.78 is 10.1. The molecule has 1 rings (SSSR count). The molecule has 1 aromatic carbocycles. The minimum absolute atomic E-state index is 0.248. The maximum absolute atomic E-state index is 12.0. The zero-order valence-corrected chi connectivity index (χ0v) is 11.2. The molecule has 6 nitrogen and oxygen atoms in total. The van der Waals surface area contributed by atoms with Crippen molar-refractivity contribution in [2.24, 2.45) is 0 Å². The van der Waals surface area contributed by atoms with E-state index in [1.807, 2.05) is 0 Å². The zero-order valence-electron chi connectivity index (χ0n) is 11.2. The number of amides is 1. The Labute approximate surface area is 112 Å². The highest BCUT2D eigenvalue weighted by Gasteiger charge is 2.17. The van der Waals surface area contributed by atoms with Gasteiger partial charge in [0.25, 0.3) is 0 Å². The molecule has 0 saturated heterocycles. The summed E-state index contributed by atoms with van der Waals surface area (Å²) in [5.41, 5.74) is 0.914. The standard InChI is InChI=1S/C13H18N2O4/c1-14-11(8-18-2)13(17)15-10-6-9(7-16)4-5-12(10)19-3/h4-7,11,14H,8H2,1-3H3,(H,15,17)/t11-/m0/s1. The summed E-state index contributed by atoms with van der Waals surface area (Å²) in [6, 6.07) is 4.33. The maximum atomic E-state index is 12.0. The number of benzene rings is 1. The van der Waals surface area contributed by atoms with Crippen molar-refractivity contribution in [1.82, 2.24) is 5.32 Å². The number of methoxy groups -OCH3 is 2. The third-order valence-corrected chi connectivity index (χ3v) is 2.62. The van der Waals surface area contributed by atoms with Crippen molar-refractivity contribution >= 4 is 17.9 Å². The monoisotopic (exact) mass is 266 g/mol. The van der Waals surface area contributed by atoms with Gasteiger partial charge in [0.15, 0.2) is 0 Å². The normalized spacial score (nSPS) is 11.7. The summed E-state index contributed by atoms with van der Waals surface area (Å²) >= 11 is 0. The number of carbonyl (C=O) groups is 2. The van der Waals surface area contributed by atoms with Crippen molar-refractivity contribution in [2.45, 2.75) is 6.04 Å². The van der Waals surface area contributed by atoms with Gasteiger partial charge < -0.3 is 20.1 Å². The van der Waals surface area contributed by atoms with Gasteiger partial charge >= 0.3 is 0 Å². The molecule has 0 spiro atoms. The number of aldehydes is 1. The molecule has 0 aliphatic rings. The molecule has 0 aliphatic heterocycles. The van der Waals surface area contributed by atoms with Gasteiger partial charge in [-0.15, -0.1) is 0 Å². The SMILES string of the molecule is CN[C@@H](COC)C(=O)Nc1cc(C=O)ccc1OC. The highest BCUT2D eigenvalue weighted by atomic mass is 16.5. The molecule has 0 unspecified atom stereocenters. The fourth-order valence-electron chi connectivity index (χ4n) is 1.57. The molecule has 0 aromatic heterocycles. The molecule has 1 amide bonds. The molecule has 0 radical (unpaired) electrons. The molecular formula is C13H18N2O4. The van der Waals surface area contributed by atoms with E-state index in [0.29, 0.717) is 23.3 Å². The summed E-state index contributed by atoms with van der Waals surface area (Å²) in [4.78, 5) is 22.8. The summed E-state index contributed by atoms with van der Waals surface area (Å²) in [6.07, 6.45) is 0.708. The lowest BCUT2D eigenvalue weighted by Crippen LogP contribution is -2.41. The lowest BCUT2D eigenvalue weighted by molar-refractivity contribution is -0.119. The topological polar surface area (TPSA) is 76.7 Å². The van der Waals surface area contributed by atoms with E-state index >= 15 is 0 Å². The van der Waals surface area contributed by atoms with Crippen molar-refractivity contribution in [3.8, 4) is 5.75 Å². The van der Waals surface area contributed by atoms with E-state index in [4.69, 9.17) is 9.47 Å². The van der Waals surface area contributed by atoms with Crippen LogP contribution in [0.2, 0.25) is 0 Å². The minimum Gasteiger partial charge on any atom is -0.495 e. The Balaban J connectivity index is 2.90. The van der Waals surface area contributed by atoms with Crippen molar-refractivity contribution in [3.05, 3.63) is 23.8 Å². The van der Waals surface area contributed by atoms with Crippen LogP contribution in [0.1, 0.15) is 10.4 Å². The van der Waals surface area contributed by atoms with Gasteiger partial charge in [0.05, 0.1) is 19.4 Å². The second kappa shape index (κ2) is 7.50. The number of ether oxygens (including phenoxy) is 2. The first kappa shape index (κ1) is 15.1. The van der Waals surface area contributed by atoms with Gasteiger partial charge in [0, 0.05) is 12.7 Å². The van der Waals surface area contributed by atoms with E-state index in [9.17, 15) is 9.59 Å². The van der Waals surface area contributed by atoms with E-state index in [2.05, 4.69) is 10.6 Å². The van der Waals surface area contributed by atoms with Gasteiger partial charge in [-0.1, -0.05) is 0 Å². The zero-order chi connectivity index (χ0) is 14.3. The molecule has 0 heterocycles. The molecule has 19 heavy (non-hydrogen) atoms. The summed E-state index contributed by atoms with van der Waals surface area (Å²) in [7, 11) is 4.68. The Morgan fingerprint density at radius 1 is 1.42 bits per heavy atom. The van der Waals surface area contributed by atoms with Crippen molar-refractivity contribution in [1.29, 1.82) is 0 Å². The predicted octanol–water partition coefficient (Wildman–Crippen LogP) is 0.681. The largest absolute Gasteiger partial charge is 0.495 e. The third-order valence-electron chi connectivity index (χ3n) is 2.62. The number of likely N-dealkylation sites (N-methyl/N-ethyl adjacent to an activating group) is 1. The molecule has 2 N–H and O–H groups in total.